The van der Waals surface area contributed by atoms with Crippen molar-refractivity contribution < 1.29 is 22.0 Å². The van der Waals surface area contributed by atoms with E-state index in [2.05, 4.69) is 20.0 Å². The van der Waals surface area contributed by atoms with Crippen molar-refractivity contribution in [1.29, 1.82) is 0 Å². The number of aromatic nitrogens is 3. The van der Waals surface area contributed by atoms with Crippen LogP contribution in [0.1, 0.15) is 29.3 Å². The van der Waals surface area contributed by atoms with Gasteiger partial charge in [-0.3, -0.25) is 9.52 Å². The Kier molecular flexibility index (Phi) is 6.88. The van der Waals surface area contributed by atoms with Crippen LogP contribution in [0.5, 0.6) is 0 Å². The maximum Gasteiger partial charge on any atom is 0.259 e. The number of amides is 1. The Bertz CT molecular complexity index is 1540. The van der Waals surface area contributed by atoms with E-state index >= 15 is 4.39 Å². The monoisotopic (exact) mass is 514 g/mol. The first-order valence-electron chi connectivity index (χ1n) is 11.0. The van der Waals surface area contributed by atoms with Gasteiger partial charge in [-0.05, 0) is 30.5 Å². The highest BCUT2D eigenvalue weighted by molar-refractivity contribution is 7.93. The van der Waals surface area contributed by atoms with E-state index in [1.54, 1.807) is 38.2 Å². The minimum atomic E-state index is -4.05. The topological polar surface area (TPSA) is 132 Å². The maximum absolute atomic E-state index is 15.3. The number of anilines is 3. The fraction of sp³-hybridized carbons (Fsp3) is 0.208. The minimum absolute atomic E-state index is 0.0142. The lowest BCUT2D eigenvalue weighted by Crippen LogP contribution is -2.30. The Morgan fingerprint density at radius 3 is 2.56 bits per heavy atom. The lowest BCUT2D eigenvalue weighted by Gasteiger charge is -2.19. The molecule has 0 aliphatic carbocycles. The van der Waals surface area contributed by atoms with Gasteiger partial charge in [0.05, 0.1) is 16.5 Å². The number of nitrogen functional groups attached to an aromatic ring is 1. The average Bonchev–Trinajstić information content (AvgIpc) is 3.20. The van der Waals surface area contributed by atoms with Crippen LogP contribution >= 0.6 is 0 Å². The SMILES string of the molecule is CCC(Cc1ccccc1)S(=O)(=O)Nc1ccc(F)c(NC(=O)c2cn(C)c3c(N)ncnc23)c1F. The van der Waals surface area contributed by atoms with Gasteiger partial charge in [-0.25, -0.2) is 27.2 Å². The number of nitrogens with two attached hydrogens (primary N) is 1. The Labute approximate surface area is 206 Å². The first kappa shape index (κ1) is 25.0. The van der Waals surface area contributed by atoms with E-state index in [1.807, 2.05) is 6.07 Å². The average molecular weight is 515 g/mol. The zero-order valence-corrected chi connectivity index (χ0v) is 20.3. The molecule has 1 unspecified atom stereocenters. The lowest BCUT2D eigenvalue weighted by atomic mass is 10.1. The van der Waals surface area contributed by atoms with Crippen LogP contribution in [0, 0.1) is 11.6 Å². The molecule has 0 radical (unpaired) electrons. The molecular formula is C24H24F2N6O3S. The predicted molar refractivity (Wildman–Crippen MR) is 134 cm³/mol. The largest absolute Gasteiger partial charge is 0.382 e. The standard InChI is InChI=1S/C24H24F2N6O3S/c1-3-15(11-14-7-5-4-6-8-14)36(34,35)31-18-10-9-17(25)21(19(18)26)30-24(33)16-12-32(2)22-20(16)28-13-29-23(22)27/h4-10,12-13,15,31H,3,11H2,1-2H3,(H,30,33)(H2,27,28,29). The molecule has 12 heteroatoms. The molecule has 4 aromatic rings. The van der Waals surface area contributed by atoms with E-state index in [1.165, 1.54) is 17.1 Å². The van der Waals surface area contributed by atoms with Crippen molar-refractivity contribution in [3.05, 3.63) is 77.8 Å². The van der Waals surface area contributed by atoms with Gasteiger partial charge >= 0.3 is 0 Å². The Hall–Kier alpha value is -4.06. The van der Waals surface area contributed by atoms with E-state index in [0.717, 1.165) is 17.7 Å². The summed E-state index contributed by atoms with van der Waals surface area (Å²) in [5.74, 6) is -3.05. The van der Waals surface area contributed by atoms with E-state index in [-0.39, 0.29) is 29.7 Å². The molecule has 0 saturated heterocycles. The number of nitrogens with zero attached hydrogens (tertiary/aromatic N) is 3. The van der Waals surface area contributed by atoms with Crippen molar-refractivity contribution in [1.82, 2.24) is 14.5 Å². The summed E-state index contributed by atoms with van der Waals surface area (Å²) in [4.78, 5) is 20.8. The summed E-state index contributed by atoms with van der Waals surface area (Å²) in [6.07, 6.45) is 3.06. The third-order valence-corrected chi connectivity index (χ3v) is 7.69. The van der Waals surface area contributed by atoms with E-state index in [9.17, 15) is 17.6 Å². The number of nitrogens with one attached hydrogen (secondary N) is 2. The second-order valence-electron chi connectivity index (χ2n) is 8.21. The molecule has 4 N–H and O–H groups in total. The molecule has 0 bridgehead atoms. The zero-order chi connectivity index (χ0) is 26.0. The van der Waals surface area contributed by atoms with Crippen LogP contribution in [0.15, 0.2) is 55.0 Å². The van der Waals surface area contributed by atoms with Crippen molar-refractivity contribution in [2.75, 3.05) is 15.8 Å². The van der Waals surface area contributed by atoms with Crippen LogP contribution in [-0.2, 0) is 23.5 Å². The van der Waals surface area contributed by atoms with Crippen molar-refractivity contribution in [2.24, 2.45) is 7.05 Å². The number of hydrogen-bond donors (Lipinski definition) is 3. The molecule has 9 nitrogen and oxygen atoms in total. The molecule has 0 saturated carbocycles. The van der Waals surface area contributed by atoms with Gasteiger partial charge in [0.2, 0.25) is 10.0 Å². The smallest absolute Gasteiger partial charge is 0.259 e. The molecule has 0 aliphatic rings. The normalized spacial score (nSPS) is 12.4. The lowest BCUT2D eigenvalue weighted by molar-refractivity contribution is 0.102. The van der Waals surface area contributed by atoms with Crippen molar-refractivity contribution in [3.63, 3.8) is 0 Å². The van der Waals surface area contributed by atoms with E-state index in [0.29, 0.717) is 5.52 Å². The van der Waals surface area contributed by atoms with Gasteiger partial charge in [0, 0.05) is 13.2 Å². The maximum atomic E-state index is 15.3. The Morgan fingerprint density at radius 1 is 1.14 bits per heavy atom. The molecule has 1 amide bonds. The number of aryl methyl sites for hydroxylation is 1. The quantitative estimate of drug-likeness (QED) is 0.327. The zero-order valence-electron chi connectivity index (χ0n) is 19.5. The van der Waals surface area contributed by atoms with Crippen molar-refractivity contribution in [3.8, 4) is 0 Å². The minimum Gasteiger partial charge on any atom is -0.382 e. The summed E-state index contributed by atoms with van der Waals surface area (Å²) in [7, 11) is -2.43. The molecule has 2 aromatic heterocycles. The second-order valence-corrected chi connectivity index (χ2v) is 10.2. The summed E-state index contributed by atoms with van der Waals surface area (Å²) in [5.41, 5.74) is 5.97. The number of carbonyl (C=O) groups excluding carboxylic acids is 1. The summed E-state index contributed by atoms with van der Waals surface area (Å²) in [6, 6.07) is 10.9. The van der Waals surface area contributed by atoms with Crippen LogP contribution < -0.4 is 15.8 Å². The molecule has 0 spiro atoms. The molecule has 4 rings (SSSR count). The van der Waals surface area contributed by atoms with Gasteiger partial charge in [0.15, 0.2) is 11.6 Å². The Balaban J connectivity index is 1.61. The predicted octanol–water partition coefficient (Wildman–Crippen LogP) is 3.84. The molecule has 0 aliphatic heterocycles. The number of sulfonamides is 1. The van der Waals surface area contributed by atoms with Crippen LogP contribution in [0.3, 0.4) is 0 Å². The van der Waals surface area contributed by atoms with Crippen molar-refractivity contribution >= 4 is 44.2 Å². The number of benzene rings is 2. The highest BCUT2D eigenvalue weighted by Crippen LogP contribution is 2.29. The van der Waals surface area contributed by atoms with Crippen LogP contribution in [-0.4, -0.2) is 34.1 Å². The Morgan fingerprint density at radius 2 is 1.86 bits per heavy atom. The van der Waals surface area contributed by atoms with Crippen LogP contribution in [0.2, 0.25) is 0 Å². The van der Waals surface area contributed by atoms with Gasteiger partial charge in [-0.1, -0.05) is 37.3 Å². The fourth-order valence-corrected chi connectivity index (χ4v) is 5.42. The van der Waals surface area contributed by atoms with E-state index < -0.39 is 44.2 Å². The van der Waals surface area contributed by atoms with Crippen molar-refractivity contribution in [2.45, 2.75) is 25.0 Å². The van der Waals surface area contributed by atoms with Gasteiger partial charge in [-0.15, -0.1) is 0 Å². The number of halogens is 2. The molecule has 0 fully saturated rings. The van der Waals surface area contributed by atoms with Gasteiger partial charge in [0.1, 0.15) is 28.9 Å². The molecule has 2 heterocycles. The number of fused-ring (bicyclic) bond motifs is 1. The first-order chi connectivity index (χ1) is 17.1. The summed E-state index contributed by atoms with van der Waals surface area (Å²) >= 11 is 0. The molecule has 188 valence electrons. The number of hydrogen-bond acceptors (Lipinski definition) is 6. The third kappa shape index (κ3) is 4.85. The van der Waals surface area contributed by atoms with E-state index in [4.69, 9.17) is 5.73 Å². The van der Waals surface area contributed by atoms with Gasteiger partial charge < -0.3 is 15.6 Å². The van der Waals surface area contributed by atoms with Crippen LogP contribution in [0.25, 0.3) is 11.0 Å². The summed E-state index contributed by atoms with van der Waals surface area (Å²) in [6.45, 7) is 1.71. The van der Waals surface area contributed by atoms with Gasteiger partial charge in [0.25, 0.3) is 5.91 Å². The number of carbonyl (C=O) groups is 1. The third-order valence-electron chi connectivity index (χ3n) is 5.81. The first-order valence-corrected chi connectivity index (χ1v) is 12.6. The highest BCUT2D eigenvalue weighted by Gasteiger charge is 2.27. The van der Waals surface area contributed by atoms with Crippen LogP contribution in [0.4, 0.5) is 26.0 Å². The number of rotatable bonds is 8. The fourth-order valence-electron chi connectivity index (χ4n) is 3.94. The molecule has 36 heavy (non-hydrogen) atoms. The second kappa shape index (κ2) is 9.90. The molecule has 2 aromatic carbocycles. The summed E-state index contributed by atoms with van der Waals surface area (Å²) < 4.78 is 59.6. The van der Waals surface area contributed by atoms with Gasteiger partial charge in [-0.2, -0.15) is 0 Å². The molecular weight excluding hydrogens is 490 g/mol. The molecule has 1 atom stereocenters. The summed E-state index contributed by atoms with van der Waals surface area (Å²) in [5, 5.41) is 1.33. The highest BCUT2D eigenvalue weighted by atomic mass is 32.2.